The third-order valence-corrected chi connectivity index (χ3v) is 6.95. The number of rotatable bonds is 5. The molecule has 2 aromatic rings. The summed E-state index contributed by atoms with van der Waals surface area (Å²) in [6, 6.07) is 1.26. The summed E-state index contributed by atoms with van der Waals surface area (Å²) in [6.07, 6.45) is -2.23. The average molecular weight is 565 g/mol. The van der Waals surface area contributed by atoms with E-state index in [0.717, 1.165) is 42.7 Å². The van der Waals surface area contributed by atoms with Gasteiger partial charge in [0.1, 0.15) is 40.5 Å². The van der Waals surface area contributed by atoms with Crippen molar-refractivity contribution in [2.45, 2.75) is 77.4 Å². The number of halogens is 3. The van der Waals surface area contributed by atoms with E-state index in [9.17, 15) is 18.0 Å². The van der Waals surface area contributed by atoms with Gasteiger partial charge >= 0.3 is 12.3 Å². The van der Waals surface area contributed by atoms with Crippen LogP contribution in [0.2, 0.25) is 0 Å². The Morgan fingerprint density at radius 1 is 1.18 bits per heavy atom. The molecule has 2 fully saturated rings. The molecule has 10 nitrogen and oxygen atoms in total. The largest absolute Gasteiger partial charge is 0.485 e. The van der Waals surface area contributed by atoms with Crippen LogP contribution in [0.3, 0.4) is 0 Å². The number of aromatic nitrogens is 3. The van der Waals surface area contributed by atoms with Crippen LogP contribution in [0.5, 0.6) is 5.75 Å². The van der Waals surface area contributed by atoms with E-state index in [-0.39, 0.29) is 31.1 Å². The van der Waals surface area contributed by atoms with E-state index >= 15 is 0 Å². The molecule has 13 heteroatoms. The Morgan fingerprint density at radius 3 is 2.62 bits per heavy atom. The minimum Gasteiger partial charge on any atom is -0.485 e. The summed E-state index contributed by atoms with van der Waals surface area (Å²) in [4.78, 5) is 29.9. The Balaban J connectivity index is 1.31. The smallest absolute Gasteiger partial charge is 0.421 e. The van der Waals surface area contributed by atoms with Gasteiger partial charge in [0.15, 0.2) is 0 Å². The standard InChI is InChI=1S/C27H35F3N6O4/c1-16-32-21-13-36(25(37)40-26(2,3)4)9-7-19(21)24(33-16)35-8-5-6-17(12-35)34-23-10-22(39-18-14-38-15-18)20(11-31-23)27(28,29)30/h10-11,17-18H,5-9,12-15H2,1-4H3,(H,31,34)/t17-/m1/s1. The summed E-state index contributed by atoms with van der Waals surface area (Å²) in [7, 11) is 0. The summed E-state index contributed by atoms with van der Waals surface area (Å²) in [5.41, 5.74) is 0.331. The Labute approximate surface area is 231 Å². The first kappa shape index (κ1) is 28.2. The summed E-state index contributed by atoms with van der Waals surface area (Å²) >= 11 is 0. The molecule has 2 aromatic heterocycles. The zero-order valence-corrected chi connectivity index (χ0v) is 23.2. The van der Waals surface area contributed by atoms with Gasteiger partial charge in [0.05, 0.1) is 25.5 Å². The third-order valence-electron chi connectivity index (χ3n) is 6.95. The average Bonchev–Trinajstić information content (AvgIpc) is 2.84. The van der Waals surface area contributed by atoms with E-state index in [1.54, 1.807) is 4.90 Å². The van der Waals surface area contributed by atoms with Crippen molar-refractivity contribution in [1.29, 1.82) is 0 Å². The first-order valence-corrected chi connectivity index (χ1v) is 13.5. The highest BCUT2D eigenvalue weighted by molar-refractivity contribution is 5.69. The second-order valence-electron chi connectivity index (χ2n) is 11.4. The maximum absolute atomic E-state index is 13.5. The highest BCUT2D eigenvalue weighted by Crippen LogP contribution is 2.38. The predicted molar refractivity (Wildman–Crippen MR) is 140 cm³/mol. The number of pyridine rings is 1. The van der Waals surface area contributed by atoms with Crippen LogP contribution in [-0.4, -0.2) is 76.5 Å². The molecule has 40 heavy (non-hydrogen) atoms. The van der Waals surface area contributed by atoms with E-state index in [4.69, 9.17) is 19.2 Å². The Kier molecular flexibility index (Phi) is 7.68. The molecule has 3 aliphatic heterocycles. The van der Waals surface area contributed by atoms with Crippen LogP contribution in [-0.2, 0) is 28.6 Å². The van der Waals surface area contributed by atoms with Gasteiger partial charge < -0.3 is 29.3 Å². The van der Waals surface area contributed by atoms with Crippen molar-refractivity contribution in [3.8, 4) is 5.75 Å². The first-order chi connectivity index (χ1) is 18.9. The zero-order valence-electron chi connectivity index (χ0n) is 23.2. The number of ether oxygens (including phenoxy) is 3. The molecular formula is C27H35F3N6O4. The molecule has 0 bridgehead atoms. The number of hydrogen-bond donors (Lipinski definition) is 1. The highest BCUT2D eigenvalue weighted by atomic mass is 19.4. The Morgan fingerprint density at radius 2 is 1.95 bits per heavy atom. The van der Waals surface area contributed by atoms with Crippen LogP contribution >= 0.6 is 0 Å². The number of aryl methyl sites for hydroxylation is 1. The van der Waals surface area contributed by atoms with Crippen molar-refractivity contribution in [3.05, 3.63) is 34.9 Å². The van der Waals surface area contributed by atoms with E-state index in [1.807, 2.05) is 27.7 Å². The molecular weight excluding hydrogens is 529 g/mol. The van der Waals surface area contributed by atoms with Crippen LogP contribution in [0.1, 0.15) is 56.3 Å². The lowest BCUT2D eigenvalue weighted by molar-refractivity contribution is -0.142. The number of amides is 1. The monoisotopic (exact) mass is 564 g/mol. The number of nitrogens with zero attached hydrogens (tertiary/aromatic N) is 5. The fourth-order valence-corrected chi connectivity index (χ4v) is 5.06. The van der Waals surface area contributed by atoms with Crippen molar-refractivity contribution in [3.63, 3.8) is 0 Å². The summed E-state index contributed by atoms with van der Waals surface area (Å²) in [5.74, 6) is 1.53. The number of anilines is 2. The van der Waals surface area contributed by atoms with Gasteiger partial charge in [0, 0.05) is 43.5 Å². The fraction of sp³-hybridized carbons (Fsp3) is 0.630. The predicted octanol–water partition coefficient (Wildman–Crippen LogP) is 4.35. The number of hydrogen-bond acceptors (Lipinski definition) is 9. The lowest BCUT2D eigenvalue weighted by Crippen LogP contribution is -2.45. The Bertz CT molecular complexity index is 1250. The highest BCUT2D eigenvalue weighted by Gasteiger charge is 2.37. The molecule has 3 aliphatic rings. The lowest BCUT2D eigenvalue weighted by atomic mass is 10.0. The molecule has 1 N–H and O–H groups in total. The second-order valence-corrected chi connectivity index (χ2v) is 11.4. The van der Waals surface area contributed by atoms with Crippen LogP contribution in [0, 0.1) is 6.92 Å². The summed E-state index contributed by atoms with van der Waals surface area (Å²) < 4.78 is 56.8. The number of carbonyl (C=O) groups excluding carboxylic acids is 1. The van der Waals surface area contributed by atoms with E-state index < -0.39 is 23.4 Å². The van der Waals surface area contributed by atoms with Crippen molar-refractivity contribution in [2.24, 2.45) is 0 Å². The summed E-state index contributed by atoms with van der Waals surface area (Å²) in [6.45, 7) is 10.1. The molecule has 1 amide bonds. The van der Waals surface area contributed by atoms with Crippen LogP contribution in [0.4, 0.5) is 29.6 Å². The first-order valence-electron chi connectivity index (χ1n) is 13.5. The van der Waals surface area contributed by atoms with Gasteiger partial charge in [-0.3, -0.25) is 0 Å². The molecule has 0 aromatic carbocycles. The van der Waals surface area contributed by atoms with Gasteiger partial charge in [-0.15, -0.1) is 0 Å². The number of nitrogens with one attached hydrogen (secondary N) is 1. The molecule has 0 spiro atoms. The molecule has 0 aliphatic carbocycles. The molecule has 0 radical (unpaired) electrons. The minimum atomic E-state index is -4.57. The van der Waals surface area contributed by atoms with Gasteiger partial charge in [0.25, 0.3) is 0 Å². The lowest BCUT2D eigenvalue weighted by Gasteiger charge is -2.37. The topological polar surface area (TPSA) is 102 Å². The van der Waals surface area contributed by atoms with Gasteiger partial charge in [0.2, 0.25) is 0 Å². The van der Waals surface area contributed by atoms with Crippen molar-refractivity contribution < 1.29 is 32.2 Å². The number of carbonyl (C=O) groups is 1. The third kappa shape index (κ3) is 6.51. The summed E-state index contributed by atoms with van der Waals surface area (Å²) in [5, 5.41) is 3.30. The fourth-order valence-electron chi connectivity index (χ4n) is 5.06. The second kappa shape index (κ2) is 10.9. The molecule has 5 heterocycles. The van der Waals surface area contributed by atoms with Gasteiger partial charge in [-0.2, -0.15) is 13.2 Å². The number of alkyl halides is 3. The van der Waals surface area contributed by atoms with Crippen molar-refractivity contribution in [2.75, 3.05) is 43.1 Å². The minimum absolute atomic E-state index is 0.0642. The molecule has 218 valence electrons. The van der Waals surface area contributed by atoms with Gasteiger partial charge in [-0.05, 0) is 47.0 Å². The normalized spacial score (nSPS) is 20.0. The zero-order chi connectivity index (χ0) is 28.7. The number of fused-ring (bicyclic) bond motifs is 1. The van der Waals surface area contributed by atoms with Crippen LogP contribution < -0.4 is 15.0 Å². The molecule has 2 saturated heterocycles. The maximum atomic E-state index is 13.5. The van der Waals surface area contributed by atoms with Crippen molar-refractivity contribution in [1.82, 2.24) is 19.9 Å². The van der Waals surface area contributed by atoms with Gasteiger partial charge in [-0.25, -0.2) is 19.7 Å². The SMILES string of the molecule is Cc1nc2c(c(N3CCC[C@@H](Nc4cc(OC5COC5)c(C(F)(F)F)cn4)C3)n1)CCN(C(=O)OC(C)(C)C)C2. The van der Waals surface area contributed by atoms with Crippen LogP contribution in [0.15, 0.2) is 12.3 Å². The number of piperidine rings is 1. The molecule has 1 atom stereocenters. The van der Waals surface area contributed by atoms with Gasteiger partial charge in [-0.1, -0.05) is 0 Å². The Hall–Kier alpha value is -3.35. The van der Waals surface area contributed by atoms with E-state index in [1.165, 1.54) is 6.07 Å². The van der Waals surface area contributed by atoms with Crippen LogP contribution in [0.25, 0.3) is 0 Å². The van der Waals surface area contributed by atoms with E-state index in [2.05, 4.69) is 20.2 Å². The molecule has 0 unspecified atom stereocenters. The molecule has 5 rings (SSSR count). The molecule has 0 saturated carbocycles. The quantitative estimate of drug-likeness (QED) is 0.568. The van der Waals surface area contributed by atoms with Crippen molar-refractivity contribution >= 4 is 17.7 Å². The van der Waals surface area contributed by atoms with E-state index in [0.29, 0.717) is 37.7 Å². The maximum Gasteiger partial charge on any atom is 0.421 e.